The Morgan fingerprint density at radius 2 is 1.86 bits per heavy atom. The summed E-state index contributed by atoms with van der Waals surface area (Å²) in [6, 6.07) is 5.78. The van der Waals surface area contributed by atoms with Crippen molar-refractivity contribution in [3.05, 3.63) is 35.4 Å². The van der Waals surface area contributed by atoms with Crippen LogP contribution < -0.4 is 0 Å². The Balaban J connectivity index is 2.08. The van der Waals surface area contributed by atoms with Crippen LogP contribution in [0.25, 0.3) is 0 Å². The number of benzene rings is 1. The van der Waals surface area contributed by atoms with Crippen LogP contribution in [-0.4, -0.2) is 23.9 Å². The number of rotatable bonds is 3. The molecule has 1 amide bonds. The van der Waals surface area contributed by atoms with E-state index in [0.717, 1.165) is 12.5 Å². The average Bonchev–Trinajstić information content (AvgIpc) is 2.47. The molecule has 0 aliphatic carbocycles. The highest BCUT2D eigenvalue weighted by atomic mass is 19.4. The van der Waals surface area contributed by atoms with Crippen molar-refractivity contribution in [3.63, 3.8) is 0 Å². The zero-order valence-corrected chi connectivity index (χ0v) is 12.1. The van der Waals surface area contributed by atoms with Gasteiger partial charge in [-0.1, -0.05) is 25.1 Å². The van der Waals surface area contributed by atoms with Gasteiger partial charge in [0.2, 0.25) is 5.91 Å². The lowest BCUT2D eigenvalue weighted by Gasteiger charge is -2.33. The van der Waals surface area contributed by atoms with E-state index in [9.17, 15) is 18.0 Å². The number of carbonyl (C=O) groups is 1. The fourth-order valence-corrected chi connectivity index (χ4v) is 2.92. The lowest BCUT2D eigenvalue weighted by atomic mass is 9.86. The highest BCUT2D eigenvalue weighted by Gasteiger charge is 2.35. The Morgan fingerprint density at radius 1 is 1.24 bits per heavy atom. The van der Waals surface area contributed by atoms with Crippen molar-refractivity contribution in [1.82, 2.24) is 4.90 Å². The smallest absolute Gasteiger partial charge is 0.343 e. The first-order valence-corrected chi connectivity index (χ1v) is 7.37. The van der Waals surface area contributed by atoms with Gasteiger partial charge in [-0.25, -0.2) is 0 Å². The molecule has 1 aliphatic heterocycles. The molecule has 0 aromatic heterocycles. The molecular formula is C16H20F3NO. The Morgan fingerprint density at radius 3 is 2.43 bits per heavy atom. The van der Waals surface area contributed by atoms with Gasteiger partial charge in [0, 0.05) is 19.5 Å². The SMILES string of the molecule is CCCC(=O)N1CCC(c2ccccc2C(F)(F)F)CC1. The van der Waals surface area contributed by atoms with Crippen molar-refractivity contribution in [2.75, 3.05) is 13.1 Å². The van der Waals surface area contributed by atoms with E-state index in [4.69, 9.17) is 0 Å². The Kier molecular flexibility index (Phi) is 4.91. The highest BCUT2D eigenvalue weighted by molar-refractivity contribution is 5.76. The second-order valence-corrected chi connectivity index (χ2v) is 5.49. The average molecular weight is 299 g/mol. The number of nitrogens with zero attached hydrogens (tertiary/aromatic N) is 1. The van der Waals surface area contributed by atoms with Crippen molar-refractivity contribution >= 4 is 5.91 Å². The van der Waals surface area contributed by atoms with Crippen molar-refractivity contribution in [2.45, 2.75) is 44.7 Å². The van der Waals surface area contributed by atoms with Gasteiger partial charge in [-0.15, -0.1) is 0 Å². The molecule has 5 heteroatoms. The summed E-state index contributed by atoms with van der Waals surface area (Å²) in [6.07, 6.45) is -1.80. The van der Waals surface area contributed by atoms with Crippen LogP contribution in [0, 0.1) is 0 Å². The van der Waals surface area contributed by atoms with Crippen LogP contribution in [0.15, 0.2) is 24.3 Å². The van der Waals surface area contributed by atoms with Gasteiger partial charge in [-0.2, -0.15) is 13.2 Å². The molecule has 1 heterocycles. The molecular weight excluding hydrogens is 279 g/mol. The highest BCUT2D eigenvalue weighted by Crippen LogP contribution is 2.38. The first kappa shape index (κ1) is 15.9. The standard InChI is InChI=1S/C16H20F3NO/c1-2-5-15(21)20-10-8-12(9-11-20)13-6-3-4-7-14(13)16(17,18)19/h3-4,6-7,12H,2,5,8-11H2,1H3. The van der Waals surface area contributed by atoms with Gasteiger partial charge in [-0.3, -0.25) is 4.79 Å². The molecule has 0 saturated carbocycles. The van der Waals surface area contributed by atoms with Gasteiger partial charge in [0.1, 0.15) is 0 Å². The minimum Gasteiger partial charge on any atom is -0.343 e. The van der Waals surface area contributed by atoms with Gasteiger partial charge >= 0.3 is 6.18 Å². The predicted octanol–water partition coefficient (Wildman–Crippen LogP) is 4.21. The summed E-state index contributed by atoms with van der Waals surface area (Å²) in [7, 11) is 0. The molecule has 0 bridgehead atoms. The number of amides is 1. The van der Waals surface area contributed by atoms with Gasteiger partial charge in [0.05, 0.1) is 5.56 Å². The fourth-order valence-electron chi connectivity index (χ4n) is 2.92. The summed E-state index contributed by atoms with van der Waals surface area (Å²) in [5.74, 6) is -0.00596. The predicted molar refractivity (Wildman–Crippen MR) is 74.9 cm³/mol. The third-order valence-electron chi connectivity index (χ3n) is 4.02. The Labute approximate surface area is 122 Å². The van der Waals surface area contributed by atoms with Crippen LogP contribution in [-0.2, 0) is 11.0 Å². The molecule has 1 saturated heterocycles. The number of hydrogen-bond acceptors (Lipinski definition) is 1. The number of piperidine rings is 1. The first-order valence-electron chi connectivity index (χ1n) is 7.37. The molecule has 2 nitrogen and oxygen atoms in total. The summed E-state index contributed by atoms with van der Waals surface area (Å²) in [5.41, 5.74) is -0.170. The monoisotopic (exact) mass is 299 g/mol. The van der Waals surface area contributed by atoms with Gasteiger partial charge in [0.15, 0.2) is 0 Å². The quantitative estimate of drug-likeness (QED) is 0.818. The molecule has 0 N–H and O–H groups in total. The third kappa shape index (κ3) is 3.77. The summed E-state index contributed by atoms with van der Waals surface area (Å²) in [5, 5.41) is 0. The maximum absolute atomic E-state index is 13.0. The third-order valence-corrected chi connectivity index (χ3v) is 4.02. The first-order chi connectivity index (χ1) is 9.93. The lowest BCUT2D eigenvalue weighted by Crippen LogP contribution is -2.38. The van der Waals surface area contributed by atoms with Crippen LogP contribution in [0.4, 0.5) is 13.2 Å². The lowest BCUT2D eigenvalue weighted by molar-refractivity contribution is -0.139. The van der Waals surface area contributed by atoms with E-state index in [1.165, 1.54) is 6.07 Å². The van der Waals surface area contributed by atoms with E-state index >= 15 is 0 Å². The second-order valence-electron chi connectivity index (χ2n) is 5.49. The van der Waals surface area contributed by atoms with Crippen LogP contribution in [0.3, 0.4) is 0 Å². The number of alkyl halides is 3. The van der Waals surface area contributed by atoms with Gasteiger partial charge in [0.25, 0.3) is 0 Å². The molecule has 116 valence electrons. The second kappa shape index (κ2) is 6.50. The largest absolute Gasteiger partial charge is 0.416 e. The molecule has 1 aromatic carbocycles. The summed E-state index contributed by atoms with van der Waals surface area (Å²) in [4.78, 5) is 13.6. The number of hydrogen-bond donors (Lipinski definition) is 0. The zero-order chi connectivity index (χ0) is 15.5. The van der Waals surface area contributed by atoms with Crippen LogP contribution in [0.2, 0.25) is 0 Å². The van der Waals surface area contributed by atoms with Crippen molar-refractivity contribution < 1.29 is 18.0 Å². The minimum absolute atomic E-state index is 0.111. The molecule has 2 rings (SSSR count). The molecule has 21 heavy (non-hydrogen) atoms. The fraction of sp³-hybridized carbons (Fsp3) is 0.562. The number of likely N-dealkylation sites (tertiary alicyclic amines) is 1. The Bertz CT molecular complexity index is 491. The van der Waals surface area contributed by atoms with E-state index in [1.807, 2.05) is 6.92 Å². The molecule has 0 unspecified atom stereocenters. The summed E-state index contributed by atoms with van der Waals surface area (Å²) >= 11 is 0. The number of carbonyl (C=O) groups excluding carboxylic acids is 1. The van der Waals surface area contributed by atoms with Gasteiger partial charge < -0.3 is 4.90 Å². The van der Waals surface area contributed by atoms with Crippen LogP contribution in [0.5, 0.6) is 0 Å². The normalized spacial score (nSPS) is 17.0. The molecule has 0 radical (unpaired) electrons. The van der Waals surface area contributed by atoms with Gasteiger partial charge in [-0.05, 0) is 36.8 Å². The minimum atomic E-state index is -4.31. The van der Waals surface area contributed by atoms with Crippen LogP contribution >= 0.6 is 0 Å². The molecule has 0 atom stereocenters. The van der Waals surface area contributed by atoms with Crippen molar-refractivity contribution in [2.24, 2.45) is 0 Å². The van der Waals surface area contributed by atoms with E-state index in [2.05, 4.69) is 0 Å². The zero-order valence-electron chi connectivity index (χ0n) is 12.1. The molecule has 0 spiro atoms. The van der Waals surface area contributed by atoms with Crippen molar-refractivity contribution in [1.29, 1.82) is 0 Å². The van der Waals surface area contributed by atoms with Crippen molar-refractivity contribution in [3.8, 4) is 0 Å². The molecule has 1 fully saturated rings. The number of halogens is 3. The molecule has 1 aliphatic rings. The van der Waals surface area contributed by atoms with Crippen LogP contribution in [0.1, 0.15) is 49.7 Å². The maximum atomic E-state index is 13.0. The van der Waals surface area contributed by atoms with E-state index in [-0.39, 0.29) is 11.8 Å². The summed E-state index contributed by atoms with van der Waals surface area (Å²) < 4.78 is 39.1. The van der Waals surface area contributed by atoms with E-state index in [0.29, 0.717) is 37.9 Å². The van der Waals surface area contributed by atoms with E-state index < -0.39 is 11.7 Å². The summed E-state index contributed by atoms with van der Waals surface area (Å²) in [6.45, 7) is 3.05. The van der Waals surface area contributed by atoms with E-state index in [1.54, 1.807) is 17.0 Å². The topological polar surface area (TPSA) is 20.3 Å². The maximum Gasteiger partial charge on any atom is 0.416 e. The Hall–Kier alpha value is -1.52. The molecule has 1 aromatic rings.